The topological polar surface area (TPSA) is 37.0 Å². The zero-order valence-corrected chi connectivity index (χ0v) is 10.1. The molecule has 0 saturated carbocycles. The minimum absolute atomic E-state index is 0.903. The Balaban J connectivity index is 1.65. The minimum atomic E-state index is 0.903. The molecule has 0 aliphatic carbocycles. The SMILES string of the molecule is Cc1cnc(NCCC2CCNCC2)s1. The molecular formula is C11H19N3S. The summed E-state index contributed by atoms with van der Waals surface area (Å²) in [5, 5.41) is 7.87. The molecule has 15 heavy (non-hydrogen) atoms. The van der Waals surface area contributed by atoms with Crippen molar-refractivity contribution in [2.45, 2.75) is 26.2 Å². The van der Waals surface area contributed by atoms with Gasteiger partial charge in [0.2, 0.25) is 0 Å². The number of rotatable bonds is 4. The van der Waals surface area contributed by atoms with Crippen LogP contribution in [0.2, 0.25) is 0 Å². The fourth-order valence-electron chi connectivity index (χ4n) is 1.99. The van der Waals surface area contributed by atoms with Crippen LogP contribution in [0.25, 0.3) is 0 Å². The lowest BCUT2D eigenvalue weighted by molar-refractivity contribution is 0.361. The zero-order valence-electron chi connectivity index (χ0n) is 9.25. The number of aromatic nitrogens is 1. The molecule has 2 rings (SSSR count). The third kappa shape index (κ3) is 3.47. The van der Waals surface area contributed by atoms with Crippen LogP contribution in [0.15, 0.2) is 6.20 Å². The van der Waals surface area contributed by atoms with Crippen molar-refractivity contribution in [1.82, 2.24) is 10.3 Å². The number of anilines is 1. The molecule has 1 aromatic rings. The van der Waals surface area contributed by atoms with Crippen molar-refractivity contribution >= 4 is 16.5 Å². The predicted molar refractivity (Wildman–Crippen MR) is 65.6 cm³/mol. The molecule has 1 saturated heterocycles. The highest BCUT2D eigenvalue weighted by Crippen LogP contribution is 2.19. The first-order valence-electron chi connectivity index (χ1n) is 5.71. The highest BCUT2D eigenvalue weighted by molar-refractivity contribution is 7.15. The van der Waals surface area contributed by atoms with Gasteiger partial charge in [0, 0.05) is 17.6 Å². The molecule has 0 atom stereocenters. The van der Waals surface area contributed by atoms with Crippen LogP contribution < -0.4 is 10.6 Å². The number of piperidine rings is 1. The third-order valence-electron chi connectivity index (χ3n) is 2.91. The number of nitrogens with one attached hydrogen (secondary N) is 2. The number of aryl methyl sites for hydroxylation is 1. The van der Waals surface area contributed by atoms with Crippen molar-refractivity contribution in [2.24, 2.45) is 5.92 Å². The van der Waals surface area contributed by atoms with Crippen molar-refractivity contribution < 1.29 is 0 Å². The summed E-state index contributed by atoms with van der Waals surface area (Å²) in [7, 11) is 0. The van der Waals surface area contributed by atoms with E-state index in [2.05, 4.69) is 22.5 Å². The molecule has 84 valence electrons. The first kappa shape index (κ1) is 10.9. The largest absolute Gasteiger partial charge is 0.362 e. The molecule has 0 aromatic carbocycles. The van der Waals surface area contributed by atoms with Crippen LogP contribution in [0, 0.1) is 12.8 Å². The molecule has 0 bridgehead atoms. The fraction of sp³-hybridized carbons (Fsp3) is 0.727. The van der Waals surface area contributed by atoms with Crippen LogP contribution in [0.1, 0.15) is 24.1 Å². The van der Waals surface area contributed by atoms with Crippen molar-refractivity contribution in [3.05, 3.63) is 11.1 Å². The van der Waals surface area contributed by atoms with E-state index in [4.69, 9.17) is 0 Å². The Hall–Kier alpha value is -0.610. The average molecular weight is 225 g/mol. The second-order valence-electron chi connectivity index (χ2n) is 4.18. The number of hydrogen-bond donors (Lipinski definition) is 2. The van der Waals surface area contributed by atoms with E-state index in [-0.39, 0.29) is 0 Å². The Morgan fingerprint density at radius 3 is 3.00 bits per heavy atom. The summed E-state index contributed by atoms with van der Waals surface area (Å²) in [6.45, 7) is 5.55. The maximum absolute atomic E-state index is 4.29. The van der Waals surface area contributed by atoms with E-state index in [1.165, 1.54) is 37.2 Å². The Morgan fingerprint density at radius 1 is 1.53 bits per heavy atom. The first-order valence-corrected chi connectivity index (χ1v) is 6.53. The lowest BCUT2D eigenvalue weighted by Gasteiger charge is -2.22. The lowest BCUT2D eigenvalue weighted by atomic mass is 9.95. The van der Waals surface area contributed by atoms with Gasteiger partial charge in [-0.3, -0.25) is 0 Å². The highest BCUT2D eigenvalue weighted by atomic mass is 32.1. The molecule has 0 unspecified atom stereocenters. The molecule has 4 heteroatoms. The van der Waals surface area contributed by atoms with Gasteiger partial charge < -0.3 is 10.6 Å². The second-order valence-corrected chi connectivity index (χ2v) is 5.42. The van der Waals surface area contributed by atoms with E-state index < -0.39 is 0 Å². The van der Waals surface area contributed by atoms with E-state index in [1.54, 1.807) is 11.3 Å². The summed E-state index contributed by atoms with van der Waals surface area (Å²) in [5.74, 6) is 0.903. The summed E-state index contributed by atoms with van der Waals surface area (Å²) in [6, 6.07) is 0. The van der Waals surface area contributed by atoms with Crippen LogP contribution in [-0.2, 0) is 0 Å². The summed E-state index contributed by atoms with van der Waals surface area (Å²) < 4.78 is 0. The molecule has 3 nitrogen and oxygen atoms in total. The van der Waals surface area contributed by atoms with Crippen LogP contribution in [-0.4, -0.2) is 24.6 Å². The Kier molecular flexibility index (Phi) is 3.97. The molecule has 2 N–H and O–H groups in total. The summed E-state index contributed by atoms with van der Waals surface area (Å²) >= 11 is 1.74. The summed E-state index contributed by atoms with van der Waals surface area (Å²) in [4.78, 5) is 5.57. The van der Waals surface area contributed by atoms with Gasteiger partial charge >= 0.3 is 0 Å². The normalized spacial score (nSPS) is 17.9. The Bertz CT molecular complexity index is 292. The van der Waals surface area contributed by atoms with Gasteiger partial charge in [-0.25, -0.2) is 4.98 Å². The number of hydrogen-bond acceptors (Lipinski definition) is 4. The van der Waals surface area contributed by atoms with Crippen molar-refractivity contribution in [1.29, 1.82) is 0 Å². The van der Waals surface area contributed by atoms with Crippen molar-refractivity contribution in [3.8, 4) is 0 Å². The standard InChI is InChI=1S/C11H19N3S/c1-9-8-14-11(15-9)13-7-4-10-2-5-12-6-3-10/h8,10,12H,2-7H2,1H3,(H,13,14). The van der Waals surface area contributed by atoms with Gasteiger partial charge in [0.1, 0.15) is 0 Å². The maximum atomic E-state index is 4.29. The van der Waals surface area contributed by atoms with E-state index >= 15 is 0 Å². The zero-order chi connectivity index (χ0) is 10.5. The Morgan fingerprint density at radius 2 is 2.33 bits per heavy atom. The van der Waals surface area contributed by atoms with Gasteiger partial charge in [0.15, 0.2) is 5.13 Å². The molecule has 2 heterocycles. The molecule has 0 spiro atoms. The van der Waals surface area contributed by atoms with Gasteiger partial charge in [-0.1, -0.05) is 0 Å². The average Bonchev–Trinajstić information content (AvgIpc) is 2.66. The molecule has 1 fully saturated rings. The van der Waals surface area contributed by atoms with E-state index in [0.717, 1.165) is 17.6 Å². The summed E-state index contributed by atoms with van der Waals surface area (Å²) in [6.07, 6.45) is 5.87. The van der Waals surface area contributed by atoms with Crippen molar-refractivity contribution in [3.63, 3.8) is 0 Å². The first-order chi connectivity index (χ1) is 7.34. The maximum Gasteiger partial charge on any atom is 0.182 e. The van der Waals surface area contributed by atoms with E-state index in [0.29, 0.717) is 0 Å². The van der Waals surface area contributed by atoms with Gasteiger partial charge in [-0.05, 0) is 45.2 Å². The molecule has 0 radical (unpaired) electrons. The molecule has 1 aliphatic rings. The predicted octanol–water partition coefficient (Wildman–Crippen LogP) is 2.25. The van der Waals surface area contributed by atoms with Crippen molar-refractivity contribution in [2.75, 3.05) is 25.0 Å². The molecule has 1 aromatic heterocycles. The van der Waals surface area contributed by atoms with Crippen LogP contribution in [0.3, 0.4) is 0 Å². The molecule has 1 aliphatic heterocycles. The Labute approximate surface area is 95.3 Å². The molecular weight excluding hydrogens is 206 g/mol. The fourth-order valence-corrected chi connectivity index (χ4v) is 2.68. The van der Waals surface area contributed by atoms with Crippen LogP contribution >= 0.6 is 11.3 Å². The minimum Gasteiger partial charge on any atom is -0.362 e. The number of thiazole rings is 1. The number of nitrogens with zero attached hydrogens (tertiary/aromatic N) is 1. The van der Waals surface area contributed by atoms with Gasteiger partial charge in [-0.15, -0.1) is 11.3 Å². The van der Waals surface area contributed by atoms with Gasteiger partial charge in [-0.2, -0.15) is 0 Å². The van der Waals surface area contributed by atoms with E-state index in [1.807, 2.05) is 6.20 Å². The van der Waals surface area contributed by atoms with Gasteiger partial charge in [0.05, 0.1) is 0 Å². The quantitative estimate of drug-likeness (QED) is 0.825. The second kappa shape index (κ2) is 5.47. The van der Waals surface area contributed by atoms with Crippen LogP contribution in [0.5, 0.6) is 0 Å². The smallest absolute Gasteiger partial charge is 0.182 e. The summed E-state index contributed by atoms with van der Waals surface area (Å²) in [5.41, 5.74) is 0. The lowest BCUT2D eigenvalue weighted by Crippen LogP contribution is -2.28. The third-order valence-corrected chi connectivity index (χ3v) is 3.78. The van der Waals surface area contributed by atoms with Crippen LogP contribution in [0.4, 0.5) is 5.13 Å². The van der Waals surface area contributed by atoms with Gasteiger partial charge in [0.25, 0.3) is 0 Å². The molecule has 0 amide bonds. The monoisotopic (exact) mass is 225 g/mol. The van der Waals surface area contributed by atoms with E-state index in [9.17, 15) is 0 Å². The highest BCUT2D eigenvalue weighted by Gasteiger charge is 2.12.